The normalized spacial score (nSPS) is 11.3. The molecule has 6 heteroatoms. The lowest BCUT2D eigenvalue weighted by Gasteiger charge is -2.18. The molecule has 0 saturated heterocycles. The van der Waals surface area contributed by atoms with Crippen LogP contribution in [0.25, 0.3) is 146 Å². The molecule has 78 heavy (non-hydrogen) atoms. The Bertz CT molecular complexity index is 4380. The quantitative estimate of drug-likeness (QED) is 0.128. The van der Waals surface area contributed by atoms with E-state index in [1.165, 1.54) is 0 Å². The smallest absolute Gasteiger partial charge is 0.227 e. The summed E-state index contributed by atoms with van der Waals surface area (Å²) >= 11 is 0. The highest BCUT2D eigenvalue weighted by molar-refractivity contribution is 5.97. The number of hydrogen-bond acceptors (Lipinski definition) is 6. The molecular formula is C72H46N4O2. The Morgan fingerprint density at radius 1 is 0.231 bits per heavy atom. The van der Waals surface area contributed by atoms with E-state index in [0.717, 1.165) is 134 Å². The van der Waals surface area contributed by atoms with Crippen LogP contribution in [-0.2, 0) is 0 Å². The summed E-state index contributed by atoms with van der Waals surface area (Å²) in [6.07, 6.45) is 1.81. The van der Waals surface area contributed by atoms with Gasteiger partial charge in [-0.2, -0.15) is 0 Å². The first-order chi connectivity index (χ1) is 38.6. The van der Waals surface area contributed by atoms with E-state index in [0.29, 0.717) is 11.8 Å². The molecule has 14 aromatic rings. The van der Waals surface area contributed by atoms with E-state index < -0.39 is 0 Å². The predicted octanol–water partition coefficient (Wildman–Crippen LogP) is 19.1. The molecule has 0 bridgehead atoms. The van der Waals surface area contributed by atoms with Crippen molar-refractivity contribution in [3.8, 4) is 123 Å². The second kappa shape index (κ2) is 19.9. The van der Waals surface area contributed by atoms with Crippen molar-refractivity contribution >= 4 is 22.2 Å². The van der Waals surface area contributed by atoms with Crippen molar-refractivity contribution in [2.45, 2.75) is 0 Å². The fourth-order valence-corrected chi connectivity index (χ4v) is 10.6. The zero-order valence-corrected chi connectivity index (χ0v) is 42.2. The van der Waals surface area contributed by atoms with Gasteiger partial charge in [-0.3, -0.25) is 4.98 Å². The molecule has 0 aliphatic heterocycles. The van der Waals surface area contributed by atoms with Crippen LogP contribution in [0.5, 0.6) is 0 Å². The monoisotopic (exact) mass is 998 g/mol. The number of aromatic nitrogens is 4. The van der Waals surface area contributed by atoms with Crippen molar-refractivity contribution in [3.05, 3.63) is 279 Å². The molecule has 0 fully saturated rings. The molecule has 4 heterocycles. The molecule has 0 aliphatic carbocycles. The average Bonchev–Trinajstić information content (AvgIpc) is 4.19. The van der Waals surface area contributed by atoms with E-state index in [2.05, 4.69) is 194 Å². The molecule has 0 amide bonds. The van der Waals surface area contributed by atoms with Crippen molar-refractivity contribution in [2.24, 2.45) is 0 Å². The largest absolute Gasteiger partial charge is 0.436 e. The van der Waals surface area contributed by atoms with Crippen LogP contribution in [0, 0.1) is 0 Å². The molecule has 0 atom stereocenters. The van der Waals surface area contributed by atoms with E-state index in [1.54, 1.807) is 0 Å². The molecule has 0 unspecified atom stereocenters. The Hall–Kier alpha value is -10.6. The molecule has 10 aromatic carbocycles. The summed E-state index contributed by atoms with van der Waals surface area (Å²) in [5.41, 5.74) is 23.4. The number of para-hydroxylation sites is 4. The van der Waals surface area contributed by atoms with Crippen molar-refractivity contribution in [1.29, 1.82) is 0 Å². The van der Waals surface area contributed by atoms with Crippen LogP contribution in [0.1, 0.15) is 0 Å². The average molecular weight is 999 g/mol. The van der Waals surface area contributed by atoms with Gasteiger partial charge < -0.3 is 8.83 Å². The van der Waals surface area contributed by atoms with E-state index in [1.807, 2.05) is 85.1 Å². The van der Waals surface area contributed by atoms with Gasteiger partial charge in [-0.05, 0) is 145 Å². The molecule has 0 aliphatic rings. The Morgan fingerprint density at radius 3 is 0.987 bits per heavy atom. The highest BCUT2D eigenvalue weighted by Crippen LogP contribution is 2.46. The summed E-state index contributed by atoms with van der Waals surface area (Å²) in [7, 11) is 0. The zero-order valence-electron chi connectivity index (χ0n) is 42.2. The number of hydrogen-bond donors (Lipinski definition) is 0. The standard InChI is InChI=1S/C72H46N4O2/c1-5-19-47(20-6-1)58-45-62(71-75-66-28-13-15-30-68(66)77-71)60(49-23-9-3-10-24-49)43-56(58)52-34-32-51(33-35-52)55-40-41-65(64-27-17-18-42-73-64)74-70(55)54-38-36-53(37-39-54)57-44-61(50-25-11-4-12-26-50)63(46-59(57)48-21-7-2-8-22-48)72-76-67-29-14-16-31-69(67)78-72/h1-46H. The maximum Gasteiger partial charge on any atom is 0.227 e. The molecule has 6 nitrogen and oxygen atoms in total. The molecule has 0 N–H and O–H groups in total. The van der Waals surface area contributed by atoms with Gasteiger partial charge in [0.25, 0.3) is 0 Å². The van der Waals surface area contributed by atoms with Crippen molar-refractivity contribution in [1.82, 2.24) is 19.9 Å². The maximum atomic E-state index is 6.48. The second-order valence-electron chi connectivity index (χ2n) is 19.3. The molecule has 4 aromatic heterocycles. The van der Waals surface area contributed by atoms with Crippen LogP contribution in [0.15, 0.2) is 288 Å². The lowest BCUT2D eigenvalue weighted by Crippen LogP contribution is -1.95. The lowest BCUT2D eigenvalue weighted by molar-refractivity contribution is 0.619. The second-order valence-corrected chi connectivity index (χ2v) is 19.3. The van der Waals surface area contributed by atoms with Gasteiger partial charge in [-0.25, -0.2) is 15.0 Å². The highest BCUT2D eigenvalue weighted by atomic mass is 16.4. The highest BCUT2D eigenvalue weighted by Gasteiger charge is 2.23. The minimum absolute atomic E-state index is 0.580. The predicted molar refractivity (Wildman–Crippen MR) is 317 cm³/mol. The van der Waals surface area contributed by atoms with Crippen molar-refractivity contribution in [3.63, 3.8) is 0 Å². The van der Waals surface area contributed by atoms with Crippen molar-refractivity contribution in [2.75, 3.05) is 0 Å². The number of nitrogens with zero attached hydrogens (tertiary/aromatic N) is 4. The molecular weight excluding hydrogens is 953 g/mol. The number of fused-ring (bicyclic) bond motifs is 2. The van der Waals surface area contributed by atoms with Gasteiger partial charge in [0.1, 0.15) is 11.0 Å². The summed E-state index contributed by atoms with van der Waals surface area (Å²) in [6, 6.07) is 94.9. The van der Waals surface area contributed by atoms with Crippen LogP contribution in [0.2, 0.25) is 0 Å². The number of benzene rings is 10. The van der Waals surface area contributed by atoms with E-state index in [9.17, 15) is 0 Å². The Kier molecular flexibility index (Phi) is 11.8. The van der Waals surface area contributed by atoms with Crippen LogP contribution < -0.4 is 0 Å². The third kappa shape index (κ3) is 8.73. The summed E-state index contributed by atoms with van der Waals surface area (Å²) in [5.74, 6) is 1.16. The third-order valence-electron chi connectivity index (χ3n) is 14.5. The fourth-order valence-electron chi connectivity index (χ4n) is 10.6. The van der Waals surface area contributed by atoms with Gasteiger partial charge in [0, 0.05) is 28.5 Å². The maximum absolute atomic E-state index is 6.48. The Morgan fingerprint density at radius 2 is 0.577 bits per heavy atom. The first kappa shape index (κ1) is 46.0. The van der Waals surface area contributed by atoms with E-state index >= 15 is 0 Å². The molecule has 0 spiro atoms. The minimum atomic E-state index is 0.580. The number of pyridine rings is 2. The number of rotatable bonds is 11. The lowest BCUT2D eigenvalue weighted by atomic mass is 9.87. The topological polar surface area (TPSA) is 77.8 Å². The van der Waals surface area contributed by atoms with E-state index in [-0.39, 0.29) is 0 Å². The molecule has 14 rings (SSSR count). The summed E-state index contributed by atoms with van der Waals surface area (Å²) in [5, 5.41) is 0. The summed E-state index contributed by atoms with van der Waals surface area (Å²) in [4.78, 5) is 20.1. The van der Waals surface area contributed by atoms with Crippen LogP contribution in [0.3, 0.4) is 0 Å². The SMILES string of the molecule is c1ccc(-c2cc(-c3nc4ccccc4o3)c(-c3ccccc3)cc2-c2ccc(-c3ccc(-c4ccccn4)nc3-c3ccc(-c4cc(-c5ccccc5)c(-c5nc6ccccc6o5)cc4-c4ccccc4)cc3)cc2)cc1. The molecule has 366 valence electrons. The minimum Gasteiger partial charge on any atom is -0.436 e. The number of oxazole rings is 2. The third-order valence-corrected chi connectivity index (χ3v) is 14.5. The van der Waals surface area contributed by atoms with Gasteiger partial charge in [-0.1, -0.05) is 200 Å². The van der Waals surface area contributed by atoms with Gasteiger partial charge in [0.15, 0.2) is 11.2 Å². The van der Waals surface area contributed by atoms with Gasteiger partial charge in [0.2, 0.25) is 11.8 Å². The van der Waals surface area contributed by atoms with E-state index in [4.69, 9.17) is 28.8 Å². The first-order valence-corrected chi connectivity index (χ1v) is 26.1. The van der Waals surface area contributed by atoms with Crippen LogP contribution >= 0.6 is 0 Å². The van der Waals surface area contributed by atoms with Crippen LogP contribution in [-0.4, -0.2) is 19.9 Å². The summed E-state index contributed by atoms with van der Waals surface area (Å²) < 4.78 is 13.0. The Balaban J connectivity index is 0.892. The fraction of sp³-hybridized carbons (Fsp3) is 0. The molecule has 0 radical (unpaired) electrons. The van der Waals surface area contributed by atoms with Gasteiger partial charge in [0.05, 0.1) is 17.1 Å². The van der Waals surface area contributed by atoms with Crippen molar-refractivity contribution < 1.29 is 8.83 Å². The zero-order chi connectivity index (χ0) is 51.8. The van der Waals surface area contributed by atoms with Gasteiger partial charge in [-0.15, -0.1) is 0 Å². The molecule has 0 saturated carbocycles. The Labute approximate surface area is 451 Å². The van der Waals surface area contributed by atoms with Gasteiger partial charge >= 0.3 is 0 Å². The van der Waals surface area contributed by atoms with Crippen LogP contribution in [0.4, 0.5) is 0 Å². The summed E-state index contributed by atoms with van der Waals surface area (Å²) in [6.45, 7) is 0. The first-order valence-electron chi connectivity index (χ1n) is 26.1.